The van der Waals surface area contributed by atoms with E-state index < -0.39 is 42.3 Å². The fourth-order valence-electron chi connectivity index (χ4n) is 2.56. The van der Waals surface area contributed by atoms with Crippen LogP contribution in [0.25, 0.3) is 10.8 Å². The van der Waals surface area contributed by atoms with Crippen molar-refractivity contribution in [2.75, 3.05) is 12.3 Å². The summed E-state index contributed by atoms with van der Waals surface area (Å²) < 4.78 is 6.06. The number of anilines is 1. The Hall–Kier alpha value is -1.20. The van der Waals surface area contributed by atoms with E-state index in [1.165, 1.54) is 18.2 Å². The number of nitrogen functional groups attached to an aromatic ring is 1. The number of aliphatic hydroxyl groups is 3. The average molecular weight is 332 g/mol. The summed E-state index contributed by atoms with van der Waals surface area (Å²) in [6, 6.07) is 4.25. The number of nitrogens with zero attached hydrogens (tertiary/aromatic N) is 1. The van der Waals surface area contributed by atoms with Gasteiger partial charge in [-0.05, 0) is 18.2 Å². The summed E-state index contributed by atoms with van der Waals surface area (Å²) >= 11 is 0. The number of hydrogen-bond acceptors (Lipinski definition) is 7. The van der Waals surface area contributed by atoms with Crippen LogP contribution in [0.1, 0.15) is 6.23 Å². The van der Waals surface area contributed by atoms with Gasteiger partial charge in [0.25, 0.3) is 11.1 Å². The number of fused-ring (bicyclic) bond motifs is 1. The third kappa shape index (κ3) is 2.96. The van der Waals surface area contributed by atoms with E-state index in [0.29, 0.717) is 5.69 Å². The second-order valence-corrected chi connectivity index (χ2v) is 5.15. The molecule has 1 aliphatic heterocycles. The van der Waals surface area contributed by atoms with Gasteiger partial charge in [0.15, 0.2) is 6.23 Å². The molecule has 1 aromatic heterocycles. The number of nitrogens with one attached hydrogen (secondary N) is 1. The Morgan fingerprint density at radius 3 is 2.52 bits per heavy atom. The molecule has 2 aromatic rings. The Morgan fingerprint density at radius 1 is 1.22 bits per heavy atom. The number of nitrogens with two attached hydrogens (primary N) is 1. The number of benzene rings is 1. The maximum atomic E-state index is 12.4. The molecule has 1 aromatic carbocycles. The molecular weight excluding hydrogens is 317 g/mol. The third-order valence-electron chi connectivity index (χ3n) is 3.73. The molecule has 4 atom stereocenters. The van der Waals surface area contributed by atoms with Crippen LogP contribution in [0.3, 0.4) is 0 Å². The first kappa shape index (κ1) is 18.1. The number of rotatable bonds is 2. The number of ether oxygens (including phenoxy) is 1. The smallest absolute Gasteiger partial charge is 0.399 e. The van der Waals surface area contributed by atoms with Crippen molar-refractivity contribution in [1.82, 2.24) is 9.78 Å². The van der Waals surface area contributed by atoms with Crippen molar-refractivity contribution in [2.24, 2.45) is 0 Å². The van der Waals surface area contributed by atoms with Gasteiger partial charge in [0.2, 0.25) is 0 Å². The molecular formula is C13H15N3NaO6+. The average Bonchev–Trinajstić information content (AvgIpc) is 2.78. The molecule has 23 heavy (non-hydrogen) atoms. The van der Waals surface area contributed by atoms with Crippen LogP contribution in [-0.4, -0.2) is 50.0 Å². The zero-order chi connectivity index (χ0) is 16.0. The predicted molar refractivity (Wildman–Crippen MR) is 76.3 cm³/mol. The summed E-state index contributed by atoms with van der Waals surface area (Å²) in [5, 5.41) is 31.3. The van der Waals surface area contributed by atoms with Crippen molar-refractivity contribution in [1.29, 1.82) is 0 Å². The maximum absolute atomic E-state index is 12.4. The zero-order valence-corrected chi connectivity index (χ0v) is 14.3. The van der Waals surface area contributed by atoms with Crippen LogP contribution in [-0.2, 0) is 4.74 Å². The van der Waals surface area contributed by atoms with Crippen LogP contribution in [0.2, 0.25) is 0 Å². The van der Waals surface area contributed by atoms with Gasteiger partial charge in [-0.1, -0.05) is 0 Å². The zero-order valence-electron chi connectivity index (χ0n) is 12.3. The van der Waals surface area contributed by atoms with Gasteiger partial charge >= 0.3 is 29.6 Å². The Labute approximate surface area is 151 Å². The fraction of sp³-hybridized carbons (Fsp3) is 0.385. The Bertz CT molecular complexity index is 835. The van der Waals surface area contributed by atoms with Gasteiger partial charge in [-0.3, -0.25) is 14.7 Å². The molecule has 1 aliphatic rings. The second kappa shape index (κ2) is 6.73. The molecule has 3 rings (SSSR count). The quantitative estimate of drug-likeness (QED) is 0.272. The normalized spacial score (nSPS) is 27.1. The first-order valence-electron chi connectivity index (χ1n) is 6.60. The molecule has 1 fully saturated rings. The van der Waals surface area contributed by atoms with Crippen LogP contribution in [0.4, 0.5) is 5.69 Å². The van der Waals surface area contributed by atoms with Crippen molar-refractivity contribution in [3.05, 3.63) is 38.9 Å². The molecule has 0 amide bonds. The summed E-state index contributed by atoms with van der Waals surface area (Å²) in [4.78, 5) is 24.5. The first-order valence-corrected chi connectivity index (χ1v) is 6.60. The van der Waals surface area contributed by atoms with E-state index in [4.69, 9.17) is 15.6 Å². The number of aromatic nitrogens is 2. The minimum Gasteiger partial charge on any atom is -0.399 e. The molecule has 0 bridgehead atoms. The molecule has 1 saturated heterocycles. The van der Waals surface area contributed by atoms with Gasteiger partial charge in [0, 0.05) is 5.69 Å². The van der Waals surface area contributed by atoms with Gasteiger partial charge in [0.05, 0.1) is 17.4 Å². The van der Waals surface area contributed by atoms with E-state index in [9.17, 15) is 19.8 Å². The largest absolute Gasteiger partial charge is 1.00 e. The van der Waals surface area contributed by atoms with Gasteiger partial charge in [-0.25, -0.2) is 4.68 Å². The molecule has 10 heteroatoms. The molecule has 0 aliphatic carbocycles. The summed E-state index contributed by atoms with van der Waals surface area (Å²) in [6.07, 6.45) is -5.17. The van der Waals surface area contributed by atoms with Crippen molar-refractivity contribution >= 4 is 16.5 Å². The third-order valence-corrected chi connectivity index (χ3v) is 3.73. The van der Waals surface area contributed by atoms with Crippen molar-refractivity contribution < 1.29 is 49.6 Å². The summed E-state index contributed by atoms with van der Waals surface area (Å²) in [7, 11) is 0. The van der Waals surface area contributed by atoms with Crippen molar-refractivity contribution in [3.63, 3.8) is 0 Å². The molecule has 0 unspecified atom stereocenters. The number of aliphatic hydroxyl groups excluding tert-OH is 3. The van der Waals surface area contributed by atoms with Gasteiger partial charge < -0.3 is 25.8 Å². The van der Waals surface area contributed by atoms with E-state index in [1.807, 2.05) is 0 Å². The molecule has 0 saturated carbocycles. The minimum absolute atomic E-state index is 0. The minimum atomic E-state index is -1.46. The fourth-order valence-corrected chi connectivity index (χ4v) is 2.56. The molecule has 118 valence electrons. The summed E-state index contributed by atoms with van der Waals surface area (Å²) in [5.41, 5.74) is 4.74. The first-order chi connectivity index (χ1) is 10.4. The second-order valence-electron chi connectivity index (χ2n) is 5.15. The predicted octanol–water partition coefficient (Wildman–Crippen LogP) is -5.11. The van der Waals surface area contributed by atoms with Crippen LogP contribution >= 0.6 is 0 Å². The van der Waals surface area contributed by atoms with Crippen molar-refractivity contribution in [3.8, 4) is 0 Å². The Morgan fingerprint density at radius 2 is 1.91 bits per heavy atom. The van der Waals surface area contributed by atoms with Gasteiger partial charge in [-0.2, -0.15) is 0 Å². The van der Waals surface area contributed by atoms with E-state index >= 15 is 0 Å². The van der Waals surface area contributed by atoms with Crippen LogP contribution in [0, 0.1) is 0 Å². The Kier molecular flexibility index (Phi) is 5.31. The summed E-state index contributed by atoms with van der Waals surface area (Å²) in [6.45, 7) is -0.530. The monoisotopic (exact) mass is 332 g/mol. The van der Waals surface area contributed by atoms with E-state index in [1.54, 1.807) is 0 Å². The van der Waals surface area contributed by atoms with Crippen molar-refractivity contribution in [2.45, 2.75) is 24.5 Å². The molecule has 2 heterocycles. The van der Waals surface area contributed by atoms with Crippen LogP contribution < -0.4 is 46.4 Å². The van der Waals surface area contributed by atoms with Crippen LogP contribution in [0.15, 0.2) is 27.8 Å². The summed E-state index contributed by atoms with van der Waals surface area (Å²) in [5.74, 6) is 0. The van der Waals surface area contributed by atoms with E-state index in [-0.39, 0.29) is 40.3 Å². The number of hydrogen-bond donors (Lipinski definition) is 5. The standard InChI is InChI=1S/C13H15N3O6.Na/c14-5-1-2-6-7(3-5)11(20)15-16(12(6)21)13-10(19)9(18)8(4-17)22-13;/h1-3,8-10,13,17-19H,4,14H2,(H,15,20);/q;+1/t8-,9-,10-,13-;/m1./s1. The maximum Gasteiger partial charge on any atom is 1.00 e. The van der Waals surface area contributed by atoms with Gasteiger partial charge in [0.1, 0.15) is 18.3 Å². The number of H-pyrrole nitrogens is 1. The van der Waals surface area contributed by atoms with Gasteiger partial charge in [-0.15, -0.1) is 0 Å². The van der Waals surface area contributed by atoms with E-state index in [2.05, 4.69) is 5.10 Å². The molecule has 0 radical (unpaired) electrons. The number of aromatic amines is 1. The molecule has 0 spiro atoms. The SMILES string of the molecule is Nc1ccc2c(=O)n([C@@H]3O[C@H](CO)[C@@H](O)[C@H]3O)[nH]c(=O)c2c1.[Na+]. The molecule has 9 nitrogen and oxygen atoms in total. The topological polar surface area (TPSA) is 151 Å². The van der Waals surface area contributed by atoms with E-state index in [0.717, 1.165) is 4.68 Å². The molecule has 6 N–H and O–H groups in total. The van der Waals surface area contributed by atoms with Crippen LogP contribution in [0.5, 0.6) is 0 Å². The Balaban J connectivity index is 0.00000192.